The summed E-state index contributed by atoms with van der Waals surface area (Å²) in [6.45, 7) is 7.51. The summed E-state index contributed by atoms with van der Waals surface area (Å²) in [7, 11) is 3.89. The van der Waals surface area contributed by atoms with Crippen LogP contribution >= 0.6 is 0 Å². The number of allylic oxidation sites excluding steroid dienone is 4. The molecule has 0 bridgehead atoms. The van der Waals surface area contributed by atoms with Gasteiger partial charge in [0, 0.05) is 19.4 Å². The molecule has 1 unspecified atom stereocenters. The molecule has 0 aliphatic carbocycles. The van der Waals surface area contributed by atoms with Crippen molar-refractivity contribution in [2.45, 2.75) is 207 Å². The smallest absolute Gasteiger partial charge is 0.306 e. The van der Waals surface area contributed by atoms with Crippen molar-refractivity contribution in [3.63, 3.8) is 0 Å². The van der Waals surface area contributed by atoms with Crippen molar-refractivity contribution in [3.8, 4) is 0 Å². The lowest BCUT2D eigenvalue weighted by atomic mass is 10.0. The summed E-state index contributed by atoms with van der Waals surface area (Å²) in [5.74, 6) is -0.367. The van der Waals surface area contributed by atoms with Gasteiger partial charge in [0.2, 0.25) is 0 Å². The van der Waals surface area contributed by atoms with E-state index in [-0.39, 0.29) is 18.5 Å². The van der Waals surface area contributed by atoms with Gasteiger partial charge in [-0.15, -0.1) is 0 Å². The minimum Gasteiger partial charge on any atom is -0.462 e. The maximum Gasteiger partial charge on any atom is 0.306 e. The van der Waals surface area contributed by atoms with Gasteiger partial charge >= 0.3 is 11.9 Å². The Hall–Kier alpha value is -1.62. The Balaban J connectivity index is 3.85. The largest absolute Gasteiger partial charge is 0.462 e. The molecule has 0 fully saturated rings. The molecule has 47 heavy (non-hydrogen) atoms. The van der Waals surface area contributed by atoms with Crippen LogP contribution in [0.3, 0.4) is 0 Å². The molecule has 0 heterocycles. The Kier molecular flexibility index (Phi) is 34.5. The van der Waals surface area contributed by atoms with Gasteiger partial charge in [-0.05, 0) is 85.2 Å². The number of esters is 2. The fourth-order valence-corrected chi connectivity index (χ4v) is 5.95. The van der Waals surface area contributed by atoms with E-state index in [1.165, 1.54) is 128 Å². The molecule has 0 N–H and O–H groups in total. The normalized spacial score (nSPS) is 12.7. The molecular weight excluding hydrogens is 582 g/mol. The standard InChI is InChI=1S/C42H79NO4/c1-6-8-10-12-14-15-16-17-18-19-20-21-22-27-31-35-41(44)46-38-40(37-43(4)5)47-42(45)36-32-28-24-23-26-30-34-39(3)33-29-25-13-11-9-7-2/h17-18,34,40H,6-16,19-33,35-38H2,1-5H3/b18-17-,39-34+. The van der Waals surface area contributed by atoms with Gasteiger partial charge in [-0.25, -0.2) is 0 Å². The number of likely N-dealkylation sites (N-methyl/N-ethyl adjacent to an activating group) is 1. The number of hydrogen-bond acceptors (Lipinski definition) is 5. The summed E-state index contributed by atoms with van der Waals surface area (Å²) in [6.07, 6.45) is 39.8. The van der Waals surface area contributed by atoms with E-state index >= 15 is 0 Å². The second-order valence-corrected chi connectivity index (χ2v) is 14.3. The minimum atomic E-state index is -0.415. The highest BCUT2D eigenvalue weighted by molar-refractivity contribution is 5.70. The van der Waals surface area contributed by atoms with Crippen molar-refractivity contribution in [1.29, 1.82) is 0 Å². The molecule has 0 rings (SSSR count). The number of ether oxygens (including phenoxy) is 2. The molecule has 0 aliphatic rings. The van der Waals surface area contributed by atoms with Crippen molar-refractivity contribution < 1.29 is 19.1 Å². The molecule has 0 aromatic carbocycles. The van der Waals surface area contributed by atoms with Crippen LogP contribution in [-0.2, 0) is 19.1 Å². The van der Waals surface area contributed by atoms with Crippen molar-refractivity contribution in [2.75, 3.05) is 27.2 Å². The van der Waals surface area contributed by atoms with Crippen LogP contribution in [0.2, 0.25) is 0 Å². The molecule has 0 aromatic heterocycles. The first-order chi connectivity index (χ1) is 22.9. The predicted octanol–water partition coefficient (Wildman–Crippen LogP) is 12.5. The van der Waals surface area contributed by atoms with Gasteiger partial charge in [0.25, 0.3) is 0 Å². The molecule has 5 nitrogen and oxygen atoms in total. The van der Waals surface area contributed by atoms with Crippen LogP contribution in [0.25, 0.3) is 0 Å². The van der Waals surface area contributed by atoms with Crippen molar-refractivity contribution in [1.82, 2.24) is 4.90 Å². The van der Waals surface area contributed by atoms with E-state index in [9.17, 15) is 9.59 Å². The first-order valence-electron chi connectivity index (χ1n) is 20.2. The molecule has 1 atom stereocenters. The minimum absolute atomic E-state index is 0.139. The van der Waals surface area contributed by atoms with Gasteiger partial charge in [0.05, 0.1) is 0 Å². The molecule has 5 heteroatoms. The van der Waals surface area contributed by atoms with E-state index in [0.717, 1.165) is 38.5 Å². The maximum absolute atomic E-state index is 12.5. The van der Waals surface area contributed by atoms with Crippen LogP contribution in [0.5, 0.6) is 0 Å². The molecule has 0 spiro atoms. The van der Waals surface area contributed by atoms with E-state index in [1.807, 2.05) is 19.0 Å². The SMILES string of the molecule is CCCCCCCC/C=C\CCCCCCCC(=O)OCC(CN(C)C)OC(=O)CCCCCCC/C=C(\C)CCCCCCCC. The van der Waals surface area contributed by atoms with Gasteiger partial charge in [0.1, 0.15) is 12.7 Å². The van der Waals surface area contributed by atoms with E-state index in [1.54, 1.807) is 5.57 Å². The quantitative estimate of drug-likeness (QED) is 0.0384. The number of hydrogen-bond donors (Lipinski definition) is 0. The highest BCUT2D eigenvalue weighted by Gasteiger charge is 2.18. The first kappa shape index (κ1) is 45.4. The second kappa shape index (κ2) is 35.7. The summed E-state index contributed by atoms with van der Waals surface area (Å²) >= 11 is 0. The van der Waals surface area contributed by atoms with Gasteiger partial charge in [-0.3, -0.25) is 9.59 Å². The topological polar surface area (TPSA) is 55.8 Å². The Morgan fingerprint density at radius 3 is 1.49 bits per heavy atom. The number of carbonyl (C=O) groups excluding carboxylic acids is 2. The summed E-state index contributed by atoms with van der Waals surface area (Å²) in [6, 6.07) is 0. The highest BCUT2D eigenvalue weighted by Crippen LogP contribution is 2.15. The van der Waals surface area contributed by atoms with Crippen LogP contribution in [-0.4, -0.2) is 50.2 Å². The third kappa shape index (κ3) is 35.5. The van der Waals surface area contributed by atoms with Crippen LogP contribution in [0.1, 0.15) is 201 Å². The lowest BCUT2D eigenvalue weighted by molar-refractivity contribution is -0.160. The molecule has 0 saturated carbocycles. The zero-order valence-electron chi connectivity index (χ0n) is 32.1. The fraction of sp³-hybridized carbons (Fsp3) is 0.857. The molecule has 0 saturated heterocycles. The lowest BCUT2D eigenvalue weighted by Crippen LogP contribution is -2.34. The number of unbranched alkanes of at least 4 members (excludes halogenated alkanes) is 21. The van der Waals surface area contributed by atoms with Crippen LogP contribution in [0, 0.1) is 0 Å². The molecule has 0 amide bonds. The molecular formula is C42H79NO4. The third-order valence-corrected chi connectivity index (χ3v) is 8.94. The Morgan fingerprint density at radius 1 is 0.553 bits per heavy atom. The van der Waals surface area contributed by atoms with E-state index in [2.05, 4.69) is 39.0 Å². The van der Waals surface area contributed by atoms with Crippen LogP contribution < -0.4 is 0 Å². The number of nitrogens with zero attached hydrogens (tertiary/aromatic N) is 1. The van der Waals surface area contributed by atoms with Crippen LogP contribution in [0.15, 0.2) is 23.8 Å². The van der Waals surface area contributed by atoms with E-state index < -0.39 is 6.10 Å². The van der Waals surface area contributed by atoms with Gasteiger partial charge in [-0.1, -0.05) is 140 Å². The lowest BCUT2D eigenvalue weighted by Gasteiger charge is -2.21. The zero-order chi connectivity index (χ0) is 34.6. The van der Waals surface area contributed by atoms with Crippen molar-refractivity contribution in [3.05, 3.63) is 23.8 Å². The molecule has 276 valence electrons. The number of rotatable bonds is 35. The van der Waals surface area contributed by atoms with Gasteiger partial charge < -0.3 is 14.4 Å². The average molecular weight is 662 g/mol. The van der Waals surface area contributed by atoms with Crippen molar-refractivity contribution in [2.24, 2.45) is 0 Å². The summed E-state index contributed by atoms with van der Waals surface area (Å²) in [5.41, 5.74) is 1.55. The van der Waals surface area contributed by atoms with Gasteiger partial charge in [-0.2, -0.15) is 0 Å². The summed E-state index contributed by atoms with van der Waals surface area (Å²) in [5, 5.41) is 0. The summed E-state index contributed by atoms with van der Waals surface area (Å²) in [4.78, 5) is 26.8. The predicted molar refractivity (Wildman–Crippen MR) is 203 cm³/mol. The zero-order valence-corrected chi connectivity index (χ0v) is 32.1. The maximum atomic E-state index is 12.5. The van der Waals surface area contributed by atoms with Crippen molar-refractivity contribution >= 4 is 11.9 Å². The Morgan fingerprint density at radius 2 is 0.979 bits per heavy atom. The third-order valence-electron chi connectivity index (χ3n) is 8.94. The summed E-state index contributed by atoms with van der Waals surface area (Å²) < 4.78 is 11.2. The molecule has 0 aliphatic heterocycles. The van der Waals surface area contributed by atoms with E-state index in [4.69, 9.17) is 9.47 Å². The van der Waals surface area contributed by atoms with Crippen LogP contribution in [0.4, 0.5) is 0 Å². The Bertz CT molecular complexity index is 760. The first-order valence-corrected chi connectivity index (χ1v) is 20.2. The average Bonchev–Trinajstić information content (AvgIpc) is 3.04. The second-order valence-electron chi connectivity index (χ2n) is 14.3. The van der Waals surface area contributed by atoms with E-state index in [0.29, 0.717) is 19.4 Å². The number of carbonyl (C=O) groups is 2. The highest BCUT2D eigenvalue weighted by atomic mass is 16.6. The fourth-order valence-electron chi connectivity index (χ4n) is 5.95. The van der Waals surface area contributed by atoms with Gasteiger partial charge in [0.15, 0.2) is 0 Å². The monoisotopic (exact) mass is 662 g/mol. The molecule has 0 aromatic rings. The molecule has 0 radical (unpaired) electrons. The Labute approximate surface area is 293 Å².